The third kappa shape index (κ3) is 4.13. The summed E-state index contributed by atoms with van der Waals surface area (Å²) in [5.41, 5.74) is 4.08. The average Bonchev–Trinajstić information content (AvgIpc) is 3.49. The summed E-state index contributed by atoms with van der Waals surface area (Å²) in [6.07, 6.45) is 7.27. The summed E-state index contributed by atoms with van der Waals surface area (Å²) < 4.78 is 14.2. The lowest BCUT2D eigenvalue weighted by atomic mass is 9.94. The molecule has 0 amide bonds. The average molecular weight is 502 g/mol. The van der Waals surface area contributed by atoms with Gasteiger partial charge in [0.2, 0.25) is 0 Å². The topological polar surface area (TPSA) is 57.5 Å². The SMILES string of the molecule is CCCCCCCCn1c(C)c(C2=C(c3c(OC)sc4ccccc34)C(=O)OC2=O)c2ccccc21. The summed E-state index contributed by atoms with van der Waals surface area (Å²) in [7, 11) is 1.59. The van der Waals surface area contributed by atoms with E-state index < -0.39 is 11.9 Å². The standard InChI is InChI=1S/C30H31NO4S/c1-4-5-6-7-8-13-18-31-19(2)24(20-14-9-11-16-22(20)31)26-27(29(33)35-28(26)32)25-21-15-10-12-17-23(21)36-30(25)34-3/h9-12,14-17H,4-8,13,18H2,1-3H3. The molecule has 2 aromatic carbocycles. The third-order valence-corrected chi connectivity index (χ3v) is 8.19. The van der Waals surface area contributed by atoms with Crippen molar-refractivity contribution in [3.63, 3.8) is 0 Å². The molecule has 1 aliphatic heterocycles. The van der Waals surface area contributed by atoms with E-state index in [1.165, 1.54) is 43.4 Å². The molecule has 0 radical (unpaired) electrons. The molecule has 2 aromatic heterocycles. The van der Waals surface area contributed by atoms with Gasteiger partial charge in [-0.25, -0.2) is 9.59 Å². The number of aryl methyl sites for hydroxylation is 1. The van der Waals surface area contributed by atoms with Gasteiger partial charge in [-0.2, -0.15) is 0 Å². The maximum absolute atomic E-state index is 13.2. The van der Waals surface area contributed by atoms with Crippen LogP contribution in [-0.2, 0) is 20.9 Å². The van der Waals surface area contributed by atoms with Gasteiger partial charge in [0, 0.05) is 38.8 Å². The van der Waals surface area contributed by atoms with Crippen molar-refractivity contribution in [3.05, 3.63) is 65.4 Å². The zero-order chi connectivity index (χ0) is 25.2. The number of fused-ring (bicyclic) bond motifs is 2. The highest BCUT2D eigenvalue weighted by Gasteiger charge is 2.40. The lowest BCUT2D eigenvalue weighted by molar-refractivity contribution is -0.149. The fourth-order valence-corrected chi connectivity index (χ4v) is 6.36. The van der Waals surface area contributed by atoms with E-state index >= 15 is 0 Å². The van der Waals surface area contributed by atoms with Gasteiger partial charge in [0.05, 0.1) is 23.8 Å². The minimum absolute atomic E-state index is 0.292. The number of aromatic nitrogens is 1. The molecule has 186 valence electrons. The van der Waals surface area contributed by atoms with E-state index in [0.717, 1.165) is 45.2 Å². The first-order valence-corrected chi connectivity index (χ1v) is 13.5. The fourth-order valence-electron chi connectivity index (χ4n) is 5.33. The molecule has 0 atom stereocenters. The highest BCUT2D eigenvalue weighted by atomic mass is 32.1. The van der Waals surface area contributed by atoms with Crippen molar-refractivity contribution in [1.29, 1.82) is 0 Å². The zero-order valence-electron chi connectivity index (χ0n) is 21.1. The number of hydrogen-bond acceptors (Lipinski definition) is 5. The minimum Gasteiger partial charge on any atom is -0.487 e. The van der Waals surface area contributed by atoms with E-state index in [2.05, 4.69) is 17.6 Å². The van der Waals surface area contributed by atoms with Crippen LogP contribution in [0, 0.1) is 6.92 Å². The quantitative estimate of drug-likeness (QED) is 0.128. The molecule has 0 unspecified atom stereocenters. The van der Waals surface area contributed by atoms with Gasteiger partial charge >= 0.3 is 11.9 Å². The van der Waals surface area contributed by atoms with E-state index in [1.54, 1.807) is 7.11 Å². The summed E-state index contributed by atoms with van der Waals surface area (Å²) in [4.78, 5) is 26.4. The molecule has 36 heavy (non-hydrogen) atoms. The predicted octanol–water partition coefficient (Wildman–Crippen LogP) is 7.53. The van der Waals surface area contributed by atoms with Crippen molar-refractivity contribution in [2.24, 2.45) is 0 Å². The van der Waals surface area contributed by atoms with Crippen LogP contribution in [0.15, 0.2) is 48.5 Å². The summed E-state index contributed by atoms with van der Waals surface area (Å²) >= 11 is 1.46. The lowest BCUT2D eigenvalue weighted by Crippen LogP contribution is -2.04. The van der Waals surface area contributed by atoms with Crippen molar-refractivity contribution in [3.8, 4) is 5.06 Å². The van der Waals surface area contributed by atoms with E-state index in [4.69, 9.17) is 9.47 Å². The predicted molar refractivity (Wildman–Crippen MR) is 146 cm³/mol. The molecule has 5 nitrogen and oxygen atoms in total. The van der Waals surface area contributed by atoms with Crippen LogP contribution in [0.3, 0.4) is 0 Å². The van der Waals surface area contributed by atoms with Gasteiger partial charge in [0.1, 0.15) is 0 Å². The number of nitrogens with zero attached hydrogens (tertiary/aromatic N) is 1. The molecule has 0 aliphatic carbocycles. The second-order valence-corrected chi connectivity index (χ2v) is 10.3. The van der Waals surface area contributed by atoms with Gasteiger partial charge in [-0.15, -0.1) is 0 Å². The van der Waals surface area contributed by atoms with Crippen LogP contribution in [0.25, 0.3) is 32.1 Å². The Balaban J connectivity index is 1.66. The molecule has 1 aliphatic rings. The van der Waals surface area contributed by atoms with Crippen LogP contribution >= 0.6 is 11.3 Å². The number of para-hydroxylation sites is 1. The Morgan fingerprint density at radius 1 is 0.833 bits per heavy atom. The molecular formula is C30H31NO4S. The second kappa shape index (κ2) is 10.3. The van der Waals surface area contributed by atoms with Crippen molar-refractivity contribution in [1.82, 2.24) is 4.57 Å². The summed E-state index contributed by atoms with van der Waals surface area (Å²) in [6.45, 7) is 5.14. The molecule has 4 aromatic rings. The lowest BCUT2D eigenvalue weighted by Gasteiger charge is -2.09. The maximum atomic E-state index is 13.2. The van der Waals surface area contributed by atoms with Crippen LogP contribution in [0.4, 0.5) is 0 Å². The van der Waals surface area contributed by atoms with Gasteiger partial charge in [0.25, 0.3) is 0 Å². The number of carbonyl (C=O) groups is 2. The molecule has 0 saturated carbocycles. The smallest absolute Gasteiger partial charge is 0.347 e. The third-order valence-electron chi connectivity index (χ3n) is 7.06. The highest BCUT2D eigenvalue weighted by Crippen LogP contribution is 2.48. The van der Waals surface area contributed by atoms with Crippen LogP contribution in [0.2, 0.25) is 0 Å². The molecule has 0 saturated heterocycles. The minimum atomic E-state index is -0.621. The second-order valence-electron chi connectivity index (χ2n) is 9.29. The van der Waals surface area contributed by atoms with Crippen molar-refractivity contribution in [2.45, 2.75) is 58.9 Å². The zero-order valence-corrected chi connectivity index (χ0v) is 21.9. The first-order valence-electron chi connectivity index (χ1n) is 12.7. The van der Waals surface area contributed by atoms with E-state index in [0.29, 0.717) is 21.8 Å². The Labute approximate surface area is 215 Å². The molecule has 0 fully saturated rings. The number of esters is 2. The van der Waals surface area contributed by atoms with E-state index in [1.807, 2.05) is 49.4 Å². The maximum Gasteiger partial charge on any atom is 0.347 e. The van der Waals surface area contributed by atoms with Crippen molar-refractivity contribution >= 4 is 55.4 Å². The monoisotopic (exact) mass is 501 g/mol. The Kier molecular flexibility index (Phi) is 6.97. The summed E-state index contributed by atoms with van der Waals surface area (Å²) in [5.74, 6) is -1.22. The van der Waals surface area contributed by atoms with Crippen molar-refractivity contribution < 1.29 is 19.1 Å². The van der Waals surface area contributed by atoms with Gasteiger partial charge in [-0.05, 0) is 25.5 Å². The van der Waals surface area contributed by atoms with Gasteiger partial charge in [-0.1, -0.05) is 86.8 Å². The summed E-state index contributed by atoms with van der Waals surface area (Å²) in [6, 6.07) is 15.9. The number of benzene rings is 2. The Hall–Kier alpha value is -3.38. The number of carbonyl (C=O) groups excluding carboxylic acids is 2. The number of unbranched alkanes of at least 4 members (excludes halogenated alkanes) is 5. The first-order chi connectivity index (χ1) is 17.6. The molecular weight excluding hydrogens is 470 g/mol. The number of hydrogen-bond donors (Lipinski definition) is 0. The number of methoxy groups -OCH3 is 1. The molecule has 3 heterocycles. The molecule has 0 spiro atoms. The normalized spacial score (nSPS) is 13.9. The molecule has 0 N–H and O–H groups in total. The highest BCUT2D eigenvalue weighted by molar-refractivity contribution is 7.21. The van der Waals surface area contributed by atoms with Gasteiger partial charge in [0.15, 0.2) is 5.06 Å². The Bertz CT molecular complexity index is 1490. The van der Waals surface area contributed by atoms with E-state index in [9.17, 15) is 9.59 Å². The molecule has 0 bridgehead atoms. The van der Waals surface area contributed by atoms with E-state index in [-0.39, 0.29) is 0 Å². The number of thiophene rings is 1. The van der Waals surface area contributed by atoms with Crippen LogP contribution in [0.1, 0.15) is 62.3 Å². The number of rotatable bonds is 10. The number of cyclic esters (lactones) is 2. The number of ether oxygens (including phenoxy) is 2. The fraction of sp³-hybridized carbons (Fsp3) is 0.333. The summed E-state index contributed by atoms with van der Waals surface area (Å²) in [5, 5.41) is 2.44. The largest absolute Gasteiger partial charge is 0.487 e. The van der Waals surface area contributed by atoms with Crippen LogP contribution in [-0.4, -0.2) is 23.6 Å². The molecule has 6 heteroatoms. The van der Waals surface area contributed by atoms with Crippen molar-refractivity contribution in [2.75, 3.05) is 7.11 Å². The Morgan fingerprint density at radius 3 is 2.22 bits per heavy atom. The molecule has 5 rings (SSSR count). The van der Waals surface area contributed by atoms with Gasteiger partial charge < -0.3 is 14.0 Å². The van der Waals surface area contributed by atoms with Crippen LogP contribution < -0.4 is 4.74 Å². The first kappa shape index (κ1) is 24.3. The van der Waals surface area contributed by atoms with Crippen LogP contribution in [0.5, 0.6) is 5.06 Å². The Morgan fingerprint density at radius 2 is 1.47 bits per heavy atom. The van der Waals surface area contributed by atoms with Gasteiger partial charge in [-0.3, -0.25) is 0 Å².